The average molecular weight is 466 g/mol. The molecule has 1 aromatic carbocycles. The number of carbonyl (C=O) groups excluding carboxylic acids is 1. The molecule has 1 fully saturated rings. The molecular formula is C26H31N3O5. The first-order valence-corrected chi connectivity index (χ1v) is 12.2. The molecule has 0 radical (unpaired) electrons. The Balaban J connectivity index is 1.17. The Morgan fingerprint density at radius 1 is 1.15 bits per heavy atom. The number of likely N-dealkylation sites (tertiary alicyclic amines) is 1. The number of carboxylic acids is 1. The number of nitrogens with zero attached hydrogens (tertiary/aromatic N) is 2. The number of piperidine rings is 1. The monoisotopic (exact) mass is 465 g/mol. The number of carbonyl (C=O) groups is 2. The Hall–Kier alpha value is -3.29. The zero-order chi connectivity index (χ0) is 23.5. The highest BCUT2D eigenvalue weighted by Gasteiger charge is 2.31. The number of hydrogen-bond donors (Lipinski definition) is 2. The quantitative estimate of drug-likeness (QED) is 0.644. The second-order valence-corrected chi connectivity index (χ2v) is 9.38. The smallest absolute Gasteiger partial charge is 0.303 e. The van der Waals surface area contributed by atoms with Crippen LogP contribution in [0.25, 0.3) is 0 Å². The number of pyridine rings is 1. The van der Waals surface area contributed by atoms with Crippen LogP contribution in [-0.2, 0) is 22.4 Å². The topological polar surface area (TPSA) is 101 Å². The van der Waals surface area contributed by atoms with Crippen LogP contribution in [0.4, 0.5) is 5.82 Å². The van der Waals surface area contributed by atoms with Crippen molar-refractivity contribution >= 4 is 17.7 Å². The molecule has 8 nitrogen and oxygen atoms in total. The number of aliphatic carboxylic acids is 1. The van der Waals surface area contributed by atoms with Gasteiger partial charge in [-0.05, 0) is 73.3 Å². The molecule has 3 aliphatic heterocycles. The Labute approximate surface area is 199 Å². The summed E-state index contributed by atoms with van der Waals surface area (Å²) >= 11 is 0. The van der Waals surface area contributed by atoms with E-state index >= 15 is 0 Å². The highest BCUT2D eigenvalue weighted by Crippen LogP contribution is 2.40. The minimum Gasteiger partial charge on any atom is -0.481 e. The van der Waals surface area contributed by atoms with Gasteiger partial charge in [0.15, 0.2) is 11.5 Å². The number of nitrogens with one attached hydrogen (secondary N) is 1. The van der Waals surface area contributed by atoms with Crippen molar-refractivity contribution in [3.05, 3.63) is 47.2 Å². The van der Waals surface area contributed by atoms with Crippen molar-refractivity contribution in [3.63, 3.8) is 0 Å². The highest BCUT2D eigenvalue weighted by atomic mass is 16.7. The molecule has 1 atom stereocenters. The molecule has 0 spiro atoms. The first kappa shape index (κ1) is 22.5. The van der Waals surface area contributed by atoms with Gasteiger partial charge in [-0.1, -0.05) is 12.1 Å². The molecule has 4 heterocycles. The molecule has 1 unspecified atom stereocenters. The number of hydrogen-bond acceptors (Lipinski definition) is 6. The minimum atomic E-state index is -0.812. The van der Waals surface area contributed by atoms with Crippen molar-refractivity contribution in [1.29, 1.82) is 0 Å². The summed E-state index contributed by atoms with van der Waals surface area (Å²) in [5.41, 5.74) is 3.16. The molecule has 3 aliphatic rings. The van der Waals surface area contributed by atoms with E-state index in [9.17, 15) is 14.7 Å². The summed E-state index contributed by atoms with van der Waals surface area (Å²) in [4.78, 5) is 31.1. The van der Waals surface area contributed by atoms with Crippen molar-refractivity contribution in [3.8, 4) is 11.5 Å². The van der Waals surface area contributed by atoms with Gasteiger partial charge in [-0.15, -0.1) is 0 Å². The molecule has 8 heteroatoms. The Bertz CT molecular complexity index is 1060. The Morgan fingerprint density at radius 2 is 1.97 bits per heavy atom. The molecule has 34 heavy (non-hydrogen) atoms. The molecule has 1 saturated heterocycles. The predicted molar refractivity (Wildman–Crippen MR) is 126 cm³/mol. The SMILES string of the molecule is O=C(O)CC(c1ccc2c(c1)OCO2)C1CCN(C(=O)CCc2ccc3c(n2)NCCC3)CC1. The zero-order valence-corrected chi connectivity index (χ0v) is 19.3. The second-order valence-electron chi connectivity index (χ2n) is 9.38. The van der Waals surface area contributed by atoms with Crippen LogP contribution in [0, 0.1) is 5.92 Å². The van der Waals surface area contributed by atoms with E-state index in [2.05, 4.69) is 11.4 Å². The van der Waals surface area contributed by atoms with Crippen molar-refractivity contribution in [2.75, 3.05) is 31.7 Å². The third kappa shape index (κ3) is 4.95. The van der Waals surface area contributed by atoms with Gasteiger partial charge >= 0.3 is 5.97 Å². The summed E-state index contributed by atoms with van der Waals surface area (Å²) in [7, 11) is 0. The van der Waals surface area contributed by atoms with E-state index in [1.807, 2.05) is 29.2 Å². The lowest BCUT2D eigenvalue weighted by atomic mass is 9.78. The van der Waals surface area contributed by atoms with E-state index in [-0.39, 0.29) is 31.0 Å². The van der Waals surface area contributed by atoms with Crippen LogP contribution >= 0.6 is 0 Å². The van der Waals surface area contributed by atoms with Gasteiger partial charge in [-0.2, -0.15) is 0 Å². The van der Waals surface area contributed by atoms with Crippen LogP contribution in [0.3, 0.4) is 0 Å². The van der Waals surface area contributed by atoms with Crippen molar-refractivity contribution in [1.82, 2.24) is 9.88 Å². The average Bonchev–Trinajstić information content (AvgIpc) is 3.34. The maximum Gasteiger partial charge on any atom is 0.303 e. The summed E-state index contributed by atoms with van der Waals surface area (Å²) in [6, 6.07) is 9.87. The Morgan fingerprint density at radius 3 is 2.79 bits per heavy atom. The predicted octanol–water partition coefficient (Wildman–Crippen LogP) is 3.60. The maximum atomic E-state index is 12.9. The lowest BCUT2D eigenvalue weighted by Crippen LogP contribution is -2.40. The fourth-order valence-corrected chi connectivity index (χ4v) is 5.34. The molecule has 0 saturated carbocycles. The van der Waals surface area contributed by atoms with Crippen molar-refractivity contribution in [2.24, 2.45) is 5.92 Å². The third-order valence-corrected chi connectivity index (χ3v) is 7.23. The summed E-state index contributed by atoms with van der Waals surface area (Å²) < 4.78 is 10.9. The largest absolute Gasteiger partial charge is 0.481 e. The van der Waals surface area contributed by atoms with Crippen LogP contribution in [0.5, 0.6) is 11.5 Å². The van der Waals surface area contributed by atoms with Crippen LogP contribution in [-0.4, -0.2) is 53.3 Å². The fourth-order valence-electron chi connectivity index (χ4n) is 5.34. The normalized spacial score (nSPS) is 18.2. The molecule has 2 N–H and O–H groups in total. The molecule has 5 rings (SSSR count). The zero-order valence-electron chi connectivity index (χ0n) is 19.3. The number of carboxylic acid groups (broad SMARTS) is 1. The highest BCUT2D eigenvalue weighted by molar-refractivity contribution is 5.76. The van der Waals surface area contributed by atoms with Crippen LogP contribution in [0.2, 0.25) is 0 Å². The number of aromatic nitrogens is 1. The molecular weight excluding hydrogens is 434 g/mol. The van der Waals surface area contributed by atoms with Gasteiger partial charge in [0.25, 0.3) is 0 Å². The van der Waals surface area contributed by atoms with Gasteiger partial charge in [0.2, 0.25) is 12.7 Å². The van der Waals surface area contributed by atoms with E-state index in [0.29, 0.717) is 37.4 Å². The standard InChI is InChI=1S/C26H31N3O5/c30-24(8-6-20-5-3-18-2-1-11-27-26(18)28-20)29-12-9-17(10-13-29)21(15-25(31)32)19-4-7-22-23(14-19)34-16-33-22/h3-5,7,14,17,21H,1-2,6,8-13,15-16H2,(H,27,28)(H,31,32). The van der Waals surface area contributed by atoms with Gasteiger partial charge in [0.05, 0.1) is 6.42 Å². The number of amides is 1. The number of ether oxygens (including phenoxy) is 2. The number of anilines is 1. The second kappa shape index (κ2) is 9.91. The molecule has 1 amide bonds. The molecule has 1 aromatic heterocycles. The van der Waals surface area contributed by atoms with E-state index in [1.165, 1.54) is 5.56 Å². The van der Waals surface area contributed by atoms with Crippen LogP contribution < -0.4 is 14.8 Å². The number of fused-ring (bicyclic) bond motifs is 2. The lowest BCUT2D eigenvalue weighted by Gasteiger charge is -2.36. The first-order chi connectivity index (χ1) is 16.6. The lowest BCUT2D eigenvalue weighted by molar-refractivity contribution is -0.138. The van der Waals surface area contributed by atoms with E-state index in [0.717, 1.165) is 49.3 Å². The molecule has 0 bridgehead atoms. The first-order valence-electron chi connectivity index (χ1n) is 12.2. The van der Waals surface area contributed by atoms with Crippen LogP contribution in [0.1, 0.15) is 54.8 Å². The fraction of sp³-hybridized carbons (Fsp3) is 0.500. The number of aryl methyl sites for hydroxylation is 2. The van der Waals surface area contributed by atoms with Crippen molar-refractivity contribution in [2.45, 2.75) is 50.9 Å². The molecule has 2 aromatic rings. The van der Waals surface area contributed by atoms with E-state index < -0.39 is 5.97 Å². The van der Waals surface area contributed by atoms with E-state index in [4.69, 9.17) is 14.5 Å². The van der Waals surface area contributed by atoms with E-state index in [1.54, 1.807) is 0 Å². The molecule has 0 aliphatic carbocycles. The van der Waals surface area contributed by atoms with Gasteiger partial charge in [0.1, 0.15) is 5.82 Å². The summed E-state index contributed by atoms with van der Waals surface area (Å²) in [5.74, 6) is 1.75. The van der Waals surface area contributed by atoms with Gasteiger partial charge in [-0.25, -0.2) is 4.98 Å². The summed E-state index contributed by atoms with van der Waals surface area (Å²) in [6.45, 7) is 2.46. The molecule has 180 valence electrons. The summed E-state index contributed by atoms with van der Waals surface area (Å²) in [5, 5.41) is 12.9. The third-order valence-electron chi connectivity index (χ3n) is 7.23. The Kier molecular flexibility index (Phi) is 6.56. The minimum absolute atomic E-state index is 0.0658. The van der Waals surface area contributed by atoms with Crippen LogP contribution in [0.15, 0.2) is 30.3 Å². The van der Waals surface area contributed by atoms with Crippen molar-refractivity contribution < 1.29 is 24.2 Å². The van der Waals surface area contributed by atoms with Gasteiger partial charge in [0, 0.05) is 31.7 Å². The number of rotatable bonds is 7. The van der Waals surface area contributed by atoms with Gasteiger partial charge in [-0.3, -0.25) is 9.59 Å². The maximum absolute atomic E-state index is 12.9. The number of benzene rings is 1. The van der Waals surface area contributed by atoms with Gasteiger partial charge < -0.3 is 24.8 Å². The summed E-state index contributed by atoms with van der Waals surface area (Å²) in [6.07, 6.45) is 4.90.